The molecule has 0 atom stereocenters. The molecule has 0 saturated carbocycles. The average molecular weight is 54.9 g/mol. The molecule has 0 aromatic heterocycles. The number of methoxy groups -OCH3 is 1. The summed E-state index contributed by atoms with van der Waals surface area (Å²) in [6.07, 6.45) is 1.12. The second-order valence-corrected chi connectivity index (χ2v) is 0.372. The van der Waals surface area contributed by atoms with Gasteiger partial charge in [-0.1, -0.05) is 0 Å². The Morgan fingerprint density at radius 1 is 2.00 bits per heavy atom. The van der Waals surface area contributed by atoms with Crippen molar-refractivity contribution in [3.05, 3.63) is 0 Å². The first-order valence-corrected chi connectivity index (χ1v) is 0.977. The van der Waals surface area contributed by atoms with Gasteiger partial charge < -0.3 is 0 Å². The summed E-state index contributed by atoms with van der Waals surface area (Å²) in [5.41, 5.74) is 0. The molecule has 0 saturated heterocycles. The van der Waals surface area contributed by atoms with Crippen molar-refractivity contribution in [2.75, 3.05) is 7.11 Å². The Morgan fingerprint density at radius 3 is 2.25 bits per heavy atom. The fourth-order valence-electron chi connectivity index (χ4n) is 0. The number of rotatable bonds is 1. The zero-order valence-corrected chi connectivity index (χ0v) is 2.56. The summed E-state index contributed by atoms with van der Waals surface area (Å²) in [6.45, 7) is 0. The predicted octanol–water partition coefficient (Wildman–Crippen LogP) is -0.439. The summed E-state index contributed by atoms with van der Waals surface area (Å²) in [5, 5.41) is 0. The van der Waals surface area contributed by atoms with E-state index < -0.39 is 0 Å². The quantitative estimate of drug-likeness (QED) is 0.369. The van der Waals surface area contributed by atoms with Gasteiger partial charge in [-0.25, -0.2) is 0 Å². The van der Waals surface area contributed by atoms with Gasteiger partial charge >= 0.3 is 25.5 Å². The Balaban J connectivity index is 2.30. The summed E-state index contributed by atoms with van der Waals surface area (Å²) in [4.78, 5) is 0. The van der Waals surface area contributed by atoms with Gasteiger partial charge in [0.05, 0.1) is 0 Å². The van der Waals surface area contributed by atoms with E-state index in [-0.39, 0.29) is 0 Å². The first-order chi connectivity index (χ1) is 1.91. The van der Waals surface area contributed by atoms with E-state index in [1.165, 1.54) is 7.11 Å². The van der Waals surface area contributed by atoms with E-state index in [2.05, 4.69) is 12.2 Å². The zero-order chi connectivity index (χ0) is 3.41. The van der Waals surface area contributed by atoms with Gasteiger partial charge in [0.15, 0.2) is 0 Å². The van der Waals surface area contributed by atoms with E-state index in [9.17, 15) is 0 Å². The molecule has 0 unspecified atom stereocenters. The summed E-state index contributed by atoms with van der Waals surface area (Å²) in [7, 11) is 6.18. The van der Waals surface area contributed by atoms with Crippen LogP contribution in [0.2, 0.25) is 0 Å². The fourth-order valence-corrected chi connectivity index (χ4v) is 0. The molecule has 0 aromatic carbocycles. The topological polar surface area (TPSA) is 9.23 Å². The minimum absolute atomic E-state index is 1.12. The van der Waals surface area contributed by atoms with Gasteiger partial charge in [0.2, 0.25) is 0 Å². The molecule has 0 rings (SSSR count). The molecule has 0 aliphatic rings. The van der Waals surface area contributed by atoms with Crippen molar-refractivity contribution in [3.63, 3.8) is 0 Å². The van der Waals surface area contributed by atoms with Crippen molar-refractivity contribution in [1.82, 2.24) is 0 Å². The molecule has 0 aliphatic carbocycles. The van der Waals surface area contributed by atoms with Crippen molar-refractivity contribution >= 4 is 13.6 Å². The van der Waals surface area contributed by atoms with Gasteiger partial charge in [0.25, 0.3) is 0 Å². The molecule has 1 nitrogen and oxygen atoms in total. The molecular weight excluding hydrogens is 50.8 g/mol. The van der Waals surface area contributed by atoms with E-state index in [1.54, 1.807) is 0 Å². The Morgan fingerprint density at radius 2 is 2.25 bits per heavy atom. The van der Waals surface area contributed by atoms with E-state index in [1.807, 2.05) is 0 Å². The van der Waals surface area contributed by atoms with E-state index >= 15 is 0 Å². The van der Waals surface area contributed by atoms with E-state index in [0.717, 1.165) is 6.15 Å². The minimum atomic E-state index is 1.12. The van der Waals surface area contributed by atoms with Gasteiger partial charge in [-0.3, -0.25) is 0 Å². The molecule has 0 aromatic rings. The zero-order valence-electron chi connectivity index (χ0n) is 2.56. The first-order valence-electron chi connectivity index (χ1n) is 0.977. The Kier molecular flexibility index (Phi) is 2.55. The van der Waals surface area contributed by atoms with Crippen LogP contribution in [0, 0.1) is 0 Å². The summed E-state index contributed by atoms with van der Waals surface area (Å²) in [5.74, 6) is 0. The molecule has 0 spiro atoms. The Hall–Kier alpha value is -0.265. The van der Waals surface area contributed by atoms with Crippen LogP contribution in [-0.2, 0) is 4.74 Å². The molecule has 4 heavy (non-hydrogen) atoms. The molecule has 0 aliphatic heterocycles. The maximum atomic E-state index is 4.68. The monoisotopic (exact) mass is 55.0 g/mol. The molecule has 2 heteroatoms. The van der Waals surface area contributed by atoms with Gasteiger partial charge in [0.1, 0.15) is 0 Å². The molecule has 21 valence electrons. The van der Waals surface area contributed by atoms with Crippen LogP contribution in [0.3, 0.4) is 0 Å². The average Bonchev–Trinajstić information content (AvgIpc) is 1.37. The Bertz CT molecular complexity index is 20.0. The Labute approximate surface area is 26.7 Å². The number of hydrogen-bond acceptors (Lipinski definition) is 1. The van der Waals surface area contributed by atoms with Gasteiger partial charge in [0, 0.05) is 0 Å². The van der Waals surface area contributed by atoms with Crippen LogP contribution >= 0.6 is 0 Å². The molecule has 0 heterocycles. The van der Waals surface area contributed by atoms with Crippen molar-refractivity contribution in [3.8, 4) is 0 Å². The van der Waals surface area contributed by atoms with Crippen LogP contribution in [-0.4, -0.2) is 20.7 Å². The fraction of sp³-hybridized carbons (Fsp3) is 0.500. The van der Waals surface area contributed by atoms with Crippen LogP contribution in [0.5, 0.6) is 0 Å². The summed E-state index contributed by atoms with van der Waals surface area (Å²) >= 11 is 0. The standard InChI is InChI=1S/C2H4BO/c1-4-2-3/h2H,1H3. The van der Waals surface area contributed by atoms with Gasteiger partial charge in [-0.05, 0) is 0 Å². The molecule has 1 radical (unpaired) electrons. The second kappa shape index (κ2) is 2.73. The molecule has 0 amide bonds. The van der Waals surface area contributed by atoms with Crippen molar-refractivity contribution < 1.29 is 4.74 Å². The normalized spacial score (nSPS) is 5.00. The third kappa shape index (κ3) is 1.73. The van der Waals surface area contributed by atoms with Crippen LogP contribution < -0.4 is 0 Å². The molecule has 0 fully saturated rings. The van der Waals surface area contributed by atoms with Gasteiger partial charge in [-0.2, -0.15) is 0 Å². The number of ether oxygens (including phenoxy) is 1. The number of hydrogen-bond donors (Lipinski definition) is 0. The molecule has 0 bridgehead atoms. The van der Waals surface area contributed by atoms with Crippen LogP contribution in [0.15, 0.2) is 0 Å². The first kappa shape index (κ1) is 3.73. The second-order valence-electron chi connectivity index (χ2n) is 0.372. The van der Waals surface area contributed by atoms with Gasteiger partial charge in [-0.15, -0.1) is 0 Å². The van der Waals surface area contributed by atoms with Crippen LogP contribution in [0.1, 0.15) is 0 Å². The van der Waals surface area contributed by atoms with Crippen LogP contribution in [0.4, 0.5) is 0 Å². The SMILES string of the molecule is [B]=COC. The van der Waals surface area contributed by atoms with Crippen LogP contribution in [0.25, 0.3) is 0 Å². The van der Waals surface area contributed by atoms with Crippen molar-refractivity contribution in [1.29, 1.82) is 0 Å². The predicted molar refractivity (Wildman–Crippen MR) is 18.8 cm³/mol. The van der Waals surface area contributed by atoms with Crippen molar-refractivity contribution in [2.24, 2.45) is 0 Å². The molecule has 0 N–H and O–H groups in total. The summed E-state index contributed by atoms with van der Waals surface area (Å²) in [6, 6.07) is 0. The van der Waals surface area contributed by atoms with E-state index in [0.29, 0.717) is 0 Å². The molecular formula is C2H4BO. The third-order valence-electron chi connectivity index (χ3n) is 0.136. The summed E-state index contributed by atoms with van der Waals surface area (Å²) < 4.78 is 4.19. The van der Waals surface area contributed by atoms with E-state index in [4.69, 9.17) is 0 Å². The van der Waals surface area contributed by atoms with Crippen molar-refractivity contribution in [2.45, 2.75) is 0 Å². The third-order valence-corrected chi connectivity index (χ3v) is 0.136. The maximum absolute atomic E-state index is 4.68.